The van der Waals surface area contributed by atoms with E-state index < -0.39 is 5.97 Å². The zero-order chi connectivity index (χ0) is 8.43. The summed E-state index contributed by atoms with van der Waals surface area (Å²) in [7, 11) is 0. The maximum absolute atomic E-state index is 10.3. The molecule has 1 aromatic rings. The van der Waals surface area contributed by atoms with Crippen molar-refractivity contribution in [2.45, 2.75) is 13.5 Å². The van der Waals surface area contributed by atoms with Crippen LogP contribution in [0.2, 0.25) is 0 Å². The summed E-state index contributed by atoms with van der Waals surface area (Å²) in [4.78, 5) is 14.0. The number of aromatic nitrogens is 1. The highest BCUT2D eigenvalue weighted by atomic mass is 16.4. The average Bonchev–Trinajstić information content (AvgIpc) is 2.30. The molecule has 0 amide bonds. The SMILES string of the molecule is Cc1nc(CO)oc1C(=O)O. The highest BCUT2D eigenvalue weighted by molar-refractivity contribution is 5.85. The maximum Gasteiger partial charge on any atom is 0.373 e. The van der Waals surface area contributed by atoms with E-state index in [2.05, 4.69) is 9.40 Å². The van der Waals surface area contributed by atoms with Crippen LogP contribution in [0.25, 0.3) is 0 Å². The molecule has 0 spiro atoms. The van der Waals surface area contributed by atoms with Gasteiger partial charge < -0.3 is 14.6 Å². The van der Waals surface area contributed by atoms with Gasteiger partial charge in [-0.15, -0.1) is 0 Å². The fourth-order valence-corrected chi connectivity index (χ4v) is 0.718. The Morgan fingerprint density at radius 1 is 1.73 bits per heavy atom. The Balaban J connectivity index is 3.07. The normalized spacial score (nSPS) is 10.0. The standard InChI is InChI=1S/C6H7NO4/c1-3-5(6(9)10)11-4(2-8)7-3/h8H,2H2,1H3,(H,9,10). The minimum Gasteiger partial charge on any atom is -0.475 e. The van der Waals surface area contributed by atoms with Gasteiger partial charge in [-0.3, -0.25) is 0 Å². The van der Waals surface area contributed by atoms with E-state index in [-0.39, 0.29) is 24.0 Å². The molecule has 0 unspecified atom stereocenters. The van der Waals surface area contributed by atoms with Gasteiger partial charge in [-0.1, -0.05) is 0 Å². The van der Waals surface area contributed by atoms with E-state index in [1.165, 1.54) is 6.92 Å². The molecule has 60 valence electrons. The first kappa shape index (κ1) is 7.74. The summed E-state index contributed by atoms with van der Waals surface area (Å²) < 4.78 is 4.66. The van der Waals surface area contributed by atoms with Gasteiger partial charge in [0, 0.05) is 0 Å². The number of oxazole rings is 1. The minimum atomic E-state index is -1.17. The van der Waals surface area contributed by atoms with Gasteiger partial charge in [0.15, 0.2) is 0 Å². The topological polar surface area (TPSA) is 83.6 Å². The summed E-state index contributed by atoms with van der Waals surface area (Å²) in [5.74, 6) is -1.36. The van der Waals surface area contributed by atoms with Crippen LogP contribution in [0.15, 0.2) is 4.42 Å². The number of carboxylic acids is 1. The molecule has 1 aromatic heterocycles. The lowest BCUT2D eigenvalue weighted by molar-refractivity contribution is 0.0656. The fraction of sp³-hybridized carbons (Fsp3) is 0.333. The van der Waals surface area contributed by atoms with Gasteiger partial charge in [-0.2, -0.15) is 0 Å². The molecule has 0 fully saturated rings. The molecule has 11 heavy (non-hydrogen) atoms. The molecule has 0 bridgehead atoms. The van der Waals surface area contributed by atoms with Crippen LogP contribution in [-0.2, 0) is 6.61 Å². The molecular formula is C6H7NO4. The lowest BCUT2D eigenvalue weighted by Crippen LogP contribution is -1.95. The number of nitrogens with zero attached hydrogens (tertiary/aromatic N) is 1. The Morgan fingerprint density at radius 2 is 2.36 bits per heavy atom. The van der Waals surface area contributed by atoms with E-state index in [9.17, 15) is 4.79 Å². The second kappa shape index (κ2) is 2.71. The van der Waals surface area contributed by atoms with Crippen molar-refractivity contribution in [2.75, 3.05) is 0 Å². The predicted octanol–water partition coefficient (Wildman–Crippen LogP) is 0.174. The van der Waals surface area contributed by atoms with Gasteiger partial charge in [0.05, 0.1) is 5.69 Å². The summed E-state index contributed by atoms with van der Waals surface area (Å²) in [5.41, 5.74) is 0.279. The number of hydrogen-bond acceptors (Lipinski definition) is 4. The molecule has 0 aliphatic carbocycles. The molecule has 0 aromatic carbocycles. The van der Waals surface area contributed by atoms with E-state index in [1.54, 1.807) is 0 Å². The molecule has 1 rings (SSSR count). The molecule has 5 nitrogen and oxygen atoms in total. The molecule has 1 heterocycles. The molecule has 0 saturated heterocycles. The zero-order valence-electron chi connectivity index (χ0n) is 5.87. The van der Waals surface area contributed by atoms with E-state index in [1.807, 2.05) is 0 Å². The van der Waals surface area contributed by atoms with Crippen molar-refractivity contribution in [1.29, 1.82) is 0 Å². The van der Waals surface area contributed by atoms with Crippen LogP contribution < -0.4 is 0 Å². The fourth-order valence-electron chi connectivity index (χ4n) is 0.718. The van der Waals surface area contributed by atoms with Gasteiger partial charge in [0.1, 0.15) is 6.61 Å². The number of carboxylic acid groups (broad SMARTS) is 1. The average molecular weight is 157 g/mol. The number of aromatic carboxylic acids is 1. The van der Waals surface area contributed by atoms with Crippen molar-refractivity contribution < 1.29 is 19.4 Å². The highest BCUT2D eigenvalue weighted by Gasteiger charge is 2.14. The van der Waals surface area contributed by atoms with Gasteiger partial charge >= 0.3 is 5.97 Å². The Morgan fingerprint density at radius 3 is 2.64 bits per heavy atom. The number of aliphatic hydroxyl groups excluding tert-OH is 1. The van der Waals surface area contributed by atoms with Gasteiger partial charge in [0.25, 0.3) is 0 Å². The highest BCUT2D eigenvalue weighted by Crippen LogP contribution is 2.09. The van der Waals surface area contributed by atoms with Crippen molar-refractivity contribution in [3.8, 4) is 0 Å². The second-order valence-electron chi connectivity index (χ2n) is 1.99. The second-order valence-corrected chi connectivity index (χ2v) is 1.99. The quantitative estimate of drug-likeness (QED) is 0.639. The van der Waals surface area contributed by atoms with Crippen LogP contribution in [-0.4, -0.2) is 21.2 Å². The number of hydrogen-bond donors (Lipinski definition) is 2. The lowest BCUT2D eigenvalue weighted by atomic mass is 10.4. The van der Waals surface area contributed by atoms with Crippen molar-refractivity contribution >= 4 is 5.97 Å². The van der Waals surface area contributed by atoms with Crippen LogP contribution in [0.5, 0.6) is 0 Å². The number of carbonyl (C=O) groups is 1. The van der Waals surface area contributed by atoms with Crippen molar-refractivity contribution in [2.24, 2.45) is 0 Å². The minimum absolute atomic E-state index is 0.0277. The summed E-state index contributed by atoms with van der Waals surface area (Å²) >= 11 is 0. The lowest BCUT2D eigenvalue weighted by Gasteiger charge is -1.84. The van der Waals surface area contributed by atoms with Crippen LogP contribution in [0.3, 0.4) is 0 Å². The predicted molar refractivity (Wildman–Crippen MR) is 34.1 cm³/mol. The summed E-state index contributed by atoms with van der Waals surface area (Å²) in [5, 5.41) is 17.0. The molecule has 0 aliphatic rings. The Labute approximate surface area is 62.3 Å². The third kappa shape index (κ3) is 1.38. The Bertz CT molecular complexity index is 278. The van der Waals surface area contributed by atoms with Crippen molar-refractivity contribution in [3.05, 3.63) is 17.3 Å². The van der Waals surface area contributed by atoms with Crippen LogP contribution in [0.4, 0.5) is 0 Å². The van der Waals surface area contributed by atoms with E-state index >= 15 is 0 Å². The van der Waals surface area contributed by atoms with E-state index in [0.29, 0.717) is 0 Å². The first-order valence-electron chi connectivity index (χ1n) is 2.95. The van der Waals surface area contributed by atoms with Gasteiger partial charge in [-0.05, 0) is 6.92 Å². The van der Waals surface area contributed by atoms with Crippen LogP contribution in [0.1, 0.15) is 22.1 Å². The number of aryl methyl sites for hydroxylation is 1. The van der Waals surface area contributed by atoms with Crippen molar-refractivity contribution in [3.63, 3.8) is 0 Å². The van der Waals surface area contributed by atoms with Gasteiger partial charge in [0.2, 0.25) is 11.7 Å². The molecular weight excluding hydrogens is 150 g/mol. The Hall–Kier alpha value is -1.36. The summed E-state index contributed by atoms with van der Waals surface area (Å²) in [6, 6.07) is 0. The monoisotopic (exact) mass is 157 g/mol. The van der Waals surface area contributed by atoms with Crippen molar-refractivity contribution in [1.82, 2.24) is 4.98 Å². The molecule has 5 heteroatoms. The smallest absolute Gasteiger partial charge is 0.373 e. The van der Waals surface area contributed by atoms with E-state index in [4.69, 9.17) is 10.2 Å². The molecule has 0 radical (unpaired) electrons. The largest absolute Gasteiger partial charge is 0.475 e. The summed E-state index contributed by atoms with van der Waals surface area (Å²) in [6.07, 6.45) is 0. The van der Waals surface area contributed by atoms with Crippen LogP contribution >= 0.6 is 0 Å². The molecule has 2 N–H and O–H groups in total. The number of aliphatic hydroxyl groups is 1. The third-order valence-electron chi connectivity index (χ3n) is 1.17. The van der Waals surface area contributed by atoms with Gasteiger partial charge in [-0.25, -0.2) is 9.78 Å². The van der Waals surface area contributed by atoms with E-state index in [0.717, 1.165) is 0 Å². The zero-order valence-corrected chi connectivity index (χ0v) is 5.87. The van der Waals surface area contributed by atoms with Crippen LogP contribution in [0, 0.1) is 6.92 Å². The first-order chi connectivity index (χ1) is 5.15. The molecule has 0 aliphatic heterocycles. The third-order valence-corrected chi connectivity index (χ3v) is 1.17. The number of rotatable bonds is 2. The molecule has 0 atom stereocenters. The summed E-state index contributed by atoms with van der Waals surface area (Å²) in [6.45, 7) is 1.13. The Kier molecular flexibility index (Phi) is 1.91. The molecule has 0 saturated carbocycles. The maximum atomic E-state index is 10.3. The first-order valence-corrected chi connectivity index (χ1v) is 2.95.